The second-order valence-corrected chi connectivity index (χ2v) is 10.7. The summed E-state index contributed by atoms with van der Waals surface area (Å²) in [6.07, 6.45) is 3.27. The predicted octanol–water partition coefficient (Wildman–Crippen LogP) is 3.98. The van der Waals surface area contributed by atoms with Crippen molar-refractivity contribution in [2.24, 2.45) is 0 Å². The molecule has 1 nitrogen and oxygen atoms in total. The summed E-state index contributed by atoms with van der Waals surface area (Å²) in [5.41, 5.74) is 1.25. The summed E-state index contributed by atoms with van der Waals surface area (Å²) in [7, 11) is -1.29. The van der Waals surface area contributed by atoms with E-state index in [2.05, 4.69) is 62.7 Å². The van der Waals surface area contributed by atoms with Gasteiger partial charge < -0.3 is 4.90 Å². The van der Waals surface area contributed by atoms with Gasteiger partial charge in [-0.25, -0.2) is 0 Å². The number of hydrogen-bond acceptors (Lipinski definition) is 1. The lowest BCUT2D eigenvalue weighted by atomic mass is 10.2. The number of rotatable bonds is 8. The van der Waals surface area contributed by atoms with Crippen LogP contribution in [0.3, 0.4) is 0 Å². The lowest BCUT2D eigenvalue weighted by Crippen LogP contribution is -2.41. The molecule has 0 amide bonds. The van der Waals surface area contributed by atoms with Crippen molar-refractivity contribution in [3.05, 3.63) is 36.4 Å². The van der Waals surface area contributed by atoms with Gasteiger partial charge in [0.15, 0.2) is 0 Å². The van der Waals surface area contributed by atoms with Gasteiger partial charge in [-0.1, -0.05) is 75.1 Å². The topological polar surface area (TPSA) is 3.24 Å². The molecule has 1 rings (SSSR count). The van der Waals surface area contributed by atoms with Gasteiger partial charge in [0.2, 0.25) is 0 Å². The van der Waals surface area contributed by atoms with Gasteiger partial charge in [0.05, 0.1) is 8.07 Å². The Morgan fingerprint density at radius 2 is 1.89 bits per heavy atom. The molecule has 19 heavy (non-hydrogen) atoms. The van der Waals surface area contributed by atoms with Gasteiger partial charge in [-0.2, -0.15) is 0 Å². The molecule has 0 heterocycles. The zero-order valence-electron chi connectivity index (χ0n) is 13.1. The molecule has 0 saturated carbocycles. The van der Waals surface area contributed by atoms with Crippen molar-refractivity contribution in [1.29, 1.82) is 0 Å². The minimum absolute atomic E-state index is 1.17. The Hall–Kier alpha value is -0.863. The molecule has 0 spiro atoms. The first-order valence-electron chi connectivity index (χ1n) is 7.48. The van der Waals surface area contributed by atoms with E-state index >= 15 is 0 Å². The van der Waals surface area contributed by atoms with E-state index in [0.29, 0.717) is 0 Å². The van der Waals surface area contributed by atoms with Crippen molar-refractivity contribution < 1.29 is 0 Å². The van der Waals surface area contributed by atoms with E-state index in [9.17, 15) is 0 Å². The summed E-state index contributed by atoms with van der Waals surface area (Å²) < 4.78 is 0. The summed E-state index contributed by atoms with van der Waals surface area (Å²) in [5.74, 6) is 0. The average Bonchev–Trinajstić information content (AvgIpc) is 2.43. The molecule has 0 saturated heterocycles. The molecule has 0 radical (unpaired) electrons. The van der Waals surface area contributed by atoms with E-state index in [1.807, 2.05) is 6.08 Å². The van der Waals surface area contributed by atoms with Crippen molar-refractivity contribution in [2.75, 3.05) is 19.6 Å². The maximum atomic E-state index is 3.87. The summed E-state index contributed by atoms with van der Waals surface area (Å²) in [4.78, 5) is 2.52. The molecule has 0 bridgehead atoms. The first-order valence-corrected chi connectivity index (χ1v) is 10.7. The van der Waals surface area contributed by atoms with Crippen molar-refractivity contribution >= 4 is 19.3 Å². The Labute approximate surface area is 120 Å². The third-order valence-electron chi connectivity index (χ3n) is 4.07. The Morgan fingerprint density at radius 3 is 2.47 bits per heavy atom. The van der Waals surface area contributed by atoms with Crippen molar-refractivity contribution in [3.63, 3.8) is 0 Å². The molecule has 1 aromatic carbocycles. The highest BCUT2D eigenvalue weighted by Crippen LogP contribution is 2.14. The van der Waals surface area contributed by atoms with E-state index in [4.69, 9.17) is 0 Å². The van der Waals surface area contributed by atoms with Crippen LogP contribution in [0.1, 0.15) is 25.8 Å². The molecule has 0 aliphatic heterocycles. The third-order valence-corrected chi connectivity index (χ3v) is 7.55. The second kappa shape index (κ2) is 7.66. The molecular formula is C17H29NSi. The van der Waals surface area contributed by atoms with Crippen LogP contribution in [0.5, 0.6) is 0 Å². The molecule has 0 atom stereocenters. The van der Waals surface area contributed by atoms with Gasteiger partial charge in [0.1, 0.15) is 0 Å². The lowest BCUT2D eigenvalue weighted by molar-refractivity contribution is 0.304. The van der Waals surface area contributed by atoms with Gasteiger partial charge in [0, 0.05) is 0 Å². The minimum atomic E-state index is -1.29. The molecule has 0 fully saturated rings. The first kappa shape index (κ1) is 16.2. The Balaban J connectivity index is 2.61. The second-order valence-electron chi connectivity index (χ2n) is 5.84. The normalized spacial score (nSPS) is 11.8. The smallest absolute Gasteiger partial charge is 0.0807 e. The van der Waals surface area contributed by atoms with Crippen LogP contribution in [-0.4, -0.2) is 32.6 Å². The van der Waals surface area contributed by atoms with E-state index in [1.165, 1.54) is 37.7 Å². The predicted molar refractivity (Wildman–Crippen MR) is 90.9 cm³/mol. The van der Waals surface area contributed by atoms with Gasteiger partial charge in [-0.3, -0.25) is 0 Å². The number of nitrogens with zero attached hydrogens (tertiary/aromatic N) is 1. The van der Waals surface area contributed by atoms with E-state index in [1.54, 1.807) is 5.19 Å². The highest BCUT2D eigenvalue weighted by Gasteiger charge is 2.22. The van der Waals surface area contributed by atoms with E-state index < -0.39 is 8.07 Å². The van der Waals surface area contributed by atoms with E-state index in [-0.39, 0.29) is 0 Å². The summed E-state index contributed by atoms with van der Waals surface area (Å²) >= 11 is 0. The SMILES string of the molecule is C=Cc1cccc([Si](C)(C)CCCN(CC)CC)c1. The van der Waals surface area contributed by atoms with Crippen molar-refractivity contribution in [2.45, 2.75) is 39.4 Å². The summed E-state index contributed by atoms with van der Waals surface area (Å²) in [6.45, 7) is 16.9. The maximum absolute atomic E-state index is 3.87. The molecule has 106 valence electrons. The highest BCUT2D eigenvalue weighted by atomic mass is 28.3. The van der Waals surface area contributed by atoms with Crippen LogP contribution < -0.4 is 5.19 Å². The van der Waals surface area contributed by atoms with Gasteiger partial charge in [-0.05, 0) is 31.6 Å². The molecule has 0 aliphatic carbocycles. The van der Waals surface area contributed by atoms with E-state index in [0.717, 1.165) is 0 Å². The third kappa shape index (κ3) is 4.96. The number of hydrogen-bond donors (Lipinski definition) is 0. The lowest BCUT2D eigenvalue weighted by Gasteiger charge is -2.25. The molecular weight excluding hydrogens is 246 g/mol. The Kier molecular flexibility index (Phi) is 6.53. The van der Waals surface area contributed by atoms with Gasteiger partial charge in [-0.15, -0.1) is 0 Å². The fourth-order valence-electron chi connectivity index (χ4n) is 2.52. The highest BCUT2D eigenvalue weighted by molar-refractivity contribution is 6.89. The Morgan fingerprint density at radius 1 is 1.21 bits per heavy atom. The molecule has 0 aliphatic rings. The van der Waals surface area contributed by atoms with Crippen LogP contribution in [0.2, 0.25) is 19.1 Å². The van der Waals surface area contributed by atoms with Gasteiger partial charge >= 0.3 is 0 Å². The summed E-state index contributed by atoms with van der Waals surface area (Å²) in [5, 5.41) is 1.56. The maximum Gasteiger partial charge on any atom is 0.0807 e. The summed E-state index contributed by atoms with van der Waals surface area (Å²) in [6, 6.07) is 10.3. The van der Waals surface area contributed by atoms with Crippen LogP contribution >= 0.6 is 0 Å². The fraction of sp³-hybridized carbons (Fsp3) is 0.529. The van der Waals surface area contributed by atoms with Crippen LogP contribution in [0.25, 0.3) is 6.08 Å². The van der Waals surface area contributed by atoms with Crippen LogP contribution in [0.15, 0.2) is 30.8 Å². The van der Waals surface area contributed by atoms with Crippen molar-refractivity contribution in [3.8, 4) is 0 Å². The van der Waals surface area contributed by atoms with Crippen LogP contribution in [0.4, 0.5) is 0 Å². The molecule has 1 aromatic rings. The standard InChI is InChI=1S/C17H29NSi/c1-6-16-11-9-12-17(15-16)19(4,5)14-10-13-18(7-2)8-3/h6,9,11-12,15H,1,7-8,10,13-14H2,2-5H3. The van der Waals surface area contributed by atoms with Gasteiger partial charge in [0.25, 0.3) is 0 Å². The molecule has 0 aromatic heterocycles. The molecule has 0 N–H and O–H groups in total. The molecule has 2 heteroatoms. The minimum Gasteiger partial charge on any atom is -0.304 e. The van der Waals surface area contributed by atoms with Crippen LogP contribution in [0, 0.1) is 0 Å². The zero-order chi connectivity index (χ0) is 14.3. The molecule has 0 unspecified atom stereocenters. The monoisotopic (exact) mass is 275 g/mol. The van der Waals surface area contributed by atoms with Crippen LogP contribution in [-0.2, 0) is 0 Å². The number of benzene rings is 1. The fourth-order valence-corrected chi connectivity index (χ4v) is 4.95. The first-order chi connectivity index (χ1) is 9.03. The quantitative estimate of drug-likeness (QED) is 0.649. The Bertz CT molecular complexity index is 394. The average molecular weight is 276 g/mol. The largest absolute Gasteiger partial charge is 0.304 e. The van der Waals surface area contributed by atoms with Crippen molar-refractivity contribution in [1.82, 2.24) is 4.90 Å². The zero-order valence-corrected chi connectivity index (χ0v) is 14.1.